The number of nitrogens with one attached hydrogen (secondary N) is 2. The summed E-state index contributed by atoms with van der Waals surface area (Å²) in [6, 6.07) is 3.40. The lowest BCUT2D eigenvalue weighted by atomic mass is 10.5. The fourth-order valence-electron chi connectivity index (χ4n) is 1.01. The fraction of sp³-hybridized carbons (Fsp3) is 0.125. The van der Waals surface area contributed by atoms with E-state index in [9.17, 15) is 0 Å². The number of aromatic nitrogens is 4. The molecule has 0 aliphatic carbocycles. The maximum absolute atomic E-state index is 5.63. The molecule has 0 saturated carbocycles. The fourth-order valence-corrected chi connectivity index (χ4v) is 1.16. The van der Waals surface area contributed by atoms with Crippen molar-refractivity contribution >= 4 is 23.2 Å². The summed E-state index contributed by atoms with van der Waals surface area (Å²) in [5, 5.41) is 9.75. The number of H-pyrrole nitrogens is 1. The van der Waals surface area contributed by atoms with Gasteiger partial charge in [0, 0.05) is 12.3 Å². The minimum atomic E-state index is 0.187. The summed E-state index contributed by atoms with van der Waals surface area (Å²) in [4.78, 5) is 7.72. The lowest BCUT2D eigenvalue weighted by molar-refractivity contribution is 0.397. The Kier molecular flexibility index (Phi) is 2.68. The van der Waals surface area contributed by atoms with Gasteiger partial charge in [-0.05, 0) is 17.7 Å². The van der Waals surface area contributed by atoms with E-state index in [1.54, 1.807) is 25.4 Å². The number of aromatic amines is 1. The van der Waals surface area contributed by atoms with Gasteiger partial charge in [-0.25, -0.2) is 9.97 Å². The van der Waals surface area contributed by atoms with E-state index >= 15 is 0 Å². The van der Waals surface area contributed by atoms with Crippen molar-refractivity contribution in [2.75, 3.05) is 12.4 Å². The standard InChI is InChI=1S/C8H8ClN5O/c1-15-7-4-6(13-14-7)11-5-2-3-10-8(9)12-5/h2-4H,1H3,(H2,10,11,12,13,14). The lowest BCUT2D eigenvalue weighted by Gasteiger charge is -2.00. The second-order valence-electron chi connectivity index (χ2n) is 2.66. The Morgan fingerprint density at radius 3 is 3.07 bits per heavy atom. The van der Waals surface area contributed by atoms with Crippen LogP contribution in [0.3, 0.4) is 0 Å². The van der Waals surface area contributed by atoms with Crippen LogP contribution in [0.2, 0.25) is 5.28 Å². The smallest absolute Gasteiger partial charge is 0.234 e. The number of halogens is 1. The maximum Gasteiger partial charge on any atom is 0.234 e. The van der Waals surface area contributed by atoms with Crippen molar-refractivity contribution in [3.63, 3.8) is 0 Å². The van der Waals surface area contributed by atoms with Crippen molar-refractivity contribution in [1.82, 2.24) is 20.2 Å². The Morgan fingerprint density at radius 1 is 1.53 bits per heavy atom. The first kappa shape index (κ1) is 9.72. The molecule has 2 N–H and O–H groups in total. The molecule has 2 heterocycles. The van der Waals surface area contributed by atoms with Gasteiger partial charge in [-0.3, -0.25) is 5.10 Å². The number of ether oxygens (including phenoxy) is 1. The summed E-state index contributed by atoms with van der Waals surface area (Å²) >= 11 is 5.63. The van der Waals surface area contributed by atoms with E-state index in [4.69, 9.17) is 16.3 Å². The minimum absolute atomic E-state index is 0.187. The van der Waals surface area contributed by atoms with Crippen molar-refractivity contribution in [1.29, 1.82) is 0 Å². The van der Waals surface area contributed by atoms with E-state index < -0.39 is 0 Å². The van der Waals surface area contributed by atoms with Crippen LogP contribution in [0.5, 0.6) is 5.88 Å². The molecule has 0 atom stereocenters. The zero-order valence-corrected chi connectivity index (χ0v) is 8.62. The summed E-state index contributed by atoms with van der Waals surface area (Å²) in [5.74, 6) is 1.75. The molecule has 2 aromatic rings. The number of anilines is 2. The highest BCUT2D eigenvalue weighted by Crippen LogP contribution is 2.16. The average Bonchev–Trinajstić information content (AvgIpc) is 2.65. The molecule has 78 valence electrons. The molecule has 7 heteroatoms. The highest BCUT2D eigenvalue weighted by molar-refractivity contribution is 6.28. The minimum Gasteiger partial charge on any atom is -0.480 e. The molecule has 0 aliphatic heterocycles. The Labute approximate surface area is 90.7 Å². The van der Waals surface area contributed by atoms with Gasteiger partial charge in [0.2, 0.25) is 11.2 Å². The number of rotatable bonds is 3. The van der Waals surface area contributed by atoms with Gasteiger partial charge in [-0.2, -0.15) is 0 Å². The van der Waals surface area contributed by atoms with E-state index in [1.807, 2.05) is 0 Å². The summed E-state index contributed by atoms with van der Waals surface area (Å²) in [7, 11) is 1.54. The van der Waals surface area contributed by atoms with Crippen LogP contribution in [0, 0.1) is 0 Å². The van der Waals surface area contributed by atoms with Crippen molar-refractivity contribution < 1.29 is 4.74 Å². The highest BCUT2D eigenvalue weighted by atomic mass is 35.5. The number of methoxy groups -OCH3 is 1. The second-order valence-corrected chi connectivity index (χ2v) is 3.00. The lowest BCUT2D eigenvalue weighted by Crippen LogP contribution is -1.94. The van der Waals surface area contributed by atoms with Crippen LogP contribution in [-0.2, 0) is 0 Å². The third-order valence-corrected chi connectivity index (χ3v) is 1.83. The monoisotopic (exact) mass is 225 g/mol. The van der Waals surface area contributed by atoms with Crippen LogP contribution >= 0.6 is 11.6 Å². The first-order chi connectivity index (χ1) is 7.28. The molecule has 0 unspecified atom stereocenters. The molecule has 0 radical (unpaired) electrons. The molecule has 0 spiro atoms. The van der Waals surface area contributed by atoms with Crippen LogP contribution < -0.4 is 10.1 Å². The van der Waals surface area contributed by atoms with Crippen molar-refractivity contribution in [3.05, 3.63) is 23.6 Å². The van der Waals surface area contributed by atoms with Crippen LogP contribution in [0.25, 0.3) is 0 Å². The summed E-state index contributed by atoms with van der Waals surface area (Å²) < 4.78 is 4.92. The third kappa shape index (κ3) is 2.35. The van der Waals surface area contributed by atoms with Crippen LogP contribution in [-0.4, -0.2) is 27.3 Å². The van der Waals surface area contributed by atoms with Gasteiger partial charge < -0.3 is 10.1 Å². The van der Waals surface area contributed by atoms with Gasteiger partial charge in [0.1, 0.15) is 11.6 Å². The quantitative estimate of drug-likeness (QED) is 0.776. The molecular formula is C8H8ClN5O. The molecule has 0 fully saturated rings. The third-order valence-electron chi connectivity index (χ3n) is 1.65. The Bertz CT molecular complexity index is 458. The predicted octanol–water partition coefficient (Wildman–Crippen LogP) is 1.61. The molecule has 0 aliphatic rings. The summed E-state index contributed by atoms with van der Waals surface area (Å²) in [5.41, 5.74) is 0. The van der Waals surface area contributed by atoms with Crippen LogP contribution in [0.15, 0.2) is 18.3 Å². The van der Waals surface area contributed by atoms with Crippen LogP contribution in [0.1, 0.15) is 0 Å². The Morgan fingerprint density at radius 2 is 2.40 bits per heavy atom. The predicted molar refractivity (Wildman–Crippen MR) is 55.5 cm³/mol. The van der Waals surface area contributed by atoms with E-state index in [0.717, 1.165) is 0 Å². The highest BCUT2D eigenvalue weighted by Gasteiger charge is 2.01. The average molecular weight is 226 g/mol. The van der Waals surface area contributed by atoms with Crippen molar-refractivity contribution in [2.24, 2.45) is 0 Å². The van der Waals surface area contributed by atoms with Crippen molar-refractivity contribution in [2.45, 2.75) is 0 Å². The van der Waals surface area contributed by atoms with Gasteiger partial charge in [0.25, 0.3) is 0 Å². The largest absolute Gasteiger partial charge is 0.480 e. The first-order valence-corrected chi connectivity index (χ1v) is 4.50. The zero-order valence-electron chi connectivity index (χ0n) is 7.86. The van der Waals surface area contributed by atoms with Crippen molar-refractivity contribution in [3.8, 4) is 5.88 Å². The maximum atomic E-state index is 5.63. The van der Waals surface area contributed by atoms with Gasteiger partial charge in [0.05, 0.1) is 7.11 Å². The number of nitrogens with zero attached hydrogens (tertiary/aromatic N) is 3. The zero-order chi connectivity index (χ0) is 10.7. The Balaban J connectivity index is 2.14. The molecule has 2 rings (SSSR count). The molecule has 0 amide bonds. The number of hydrogen-bond acceptors (Lipinski definition) is 5. The van der Waals surface area contributed by atoms with E-state index in [0.29, 0.717) is 17.5 Å². The first-order valence-electron chi connectivity index (χ1n) is 4.13. The van der Waals surface area contributed by atoms with Gasteiger partial charge >= 0.3 is 0 Å². The molecule has 0 aromatic carbocycles. The molecule has 0 bridgehead atoms. The van der Waals surface area contributed by atoms with Gasteiger partial charge in [0.15, 0.2) is 0 Å². The van der Waals surface area contributed by atoms with E-state index in [1.165, 1.54) is 0 Å². The van der Waals surface area contributed by atoms with E-state index in [-0.39, 0.29) is 5.28 Å². The SMILES string of the molecule is COc1cc(Nc2ccnc(Cl)n2)[nH]n1. The molecule has 0 saturated heterocycles. The molecule has 2 aromatic heterocycles. The molecule has 6 nitrogen and oxygen atoms in total. The van der Waals surface area contributed by atoms with E-state index in [2.05, 4.69) is 25.5 Å². The second kappa shape index (κ2) is 4.14. The topological polar surface area (TPSA) is 75.7 Å². The molecular weight excluding hydrogens is 218 g/mol. The summed E-state index contributed by atoms with van der Waals surface area (Å²) in [6.07, 6.45) is 1.56. The van der Waals surface area contributed by atoms with Gasteiger partial charge in [-0.15, -0.1) is 5.10 Å². The normalized spacial score (nSPS) is 10.0. The van der Waals surface area contributed by atoms with Crippen LogP contribution in [0.4, 0.5) is 11.6 Å². The Hall–Kier alpha value is -1.82. The number of hydrogen-bond donors (Lipinski definition) is 2. The summed E-state index contributed by atoms with van der Waals surface area (Å²) in [6.45, 7) is 0. The van der Waals surface area contributed by atoms with Gasteiger partial charge in [-0.1, -0.05) is 0 Å². The molecule has 15 heavy (non-hydrogen) atoms.